The Morgan fingerprint density at radius 1 is 1.48 bits per heavy atom. The van der Waals surface area contributed by atoms with Crippen molar-refractivity contribution in [1.29, 1.82) is 0 Å². The topological polar surface area (TPSA) is 102 Å². The zero-order valence-electron chi connectivity index (χ0n) is 12.2. The van der Waals surface area contributed by atoms with Gasteiger partial charge in [-0.2, -0.15) is 0 Å². The largest absolute Gasteiger partial charge is 0.336 e. The molecule has 1 fully saturated rings. The molecular weight excluding hydrogens is 272 g/mol. The first-order chi connectivity index (χ1) is 9.95. The number of carbonyl (C=O) groups excluding carboxylic acids is 1. The summed E-state index contributed by atoms with van der Waals surface area (Å²) in [6, 6.07) is 4.18. The number of nitrogen functional groups attached to an aromatic ring is 1. The molecule has 0 saturated carbocycles. The lowest BCUT2D eigenvalue weighted by Crippen LogP contribution is -2.46. The summed E-state index contributed by atoms with van der Waals surface area (Å²) in [5, 5.41) is 10.9. The van der Waals surface area contributed by atoms with Gasteiger partial charge in [0.05, 0.1) is 16.2 Å². The van der Waals surface area contributed by atoms with Crippen molar-refractivity contribution in [3.8, 4) is 0 Å². The molecule has 0 aliphatic carbocycles. The fourth-order valence-electron chi connectivity index (χ4n) is 2.73. The van der Waals surface area contributed by atoms with Gasteiger partial charge in [-0.05, 0) is 31.7 Å². The molecule has 1 saturated heterocycles. The molecule has 1 aliphatic heterocycles. The summed E-state index contributed by atoms with van der Waals surface area (Å²) in [7, 11) is 0. The minimum Gasteiger partial charge on any atom is -0.336 e. The molecule has 1 aromatic carbocycles. The second-order valence-corrected chi connectivity index (χ2v) is 5.49. The van der Waals surface area contributed by atoms with E-state index in [0.29, 0.717) is 18.2 Å². The molecule has 7 nitrogen and oxygen atoms in total. The average molecular weight is 292 g/mol. The smallest absolute Gasteiger partial charge is 0.270 e. The minimum atomic E-state index is -0.515. The van der Waals surface area contributed by atoms with Crippen molar-refractivity contribution in [3.05, 3.63) is 33.9 Å². The summed E-state index contributed by atoms with van der Waals surface area (Å²) in [6.45, 7) is 4.78. The molecule has 114 valence electrons. The highest BCUT2D eigenvalue weighted by atomic mass is 16.6. The number of piperidine rings is 1. The Labute approximate surface area is 123 Å². The van der Waals surface area contributed by atoms with Crippen LogP contribution in [0, 0.1) is 16.0 Å². The molecule has 2 atom stereocenters. The number of hydrazine groups is 1. The first-order valence-electron chi connectivity index (χ1n) is 7.01. The third-order valence-electron chi connectivity index (χ3n) is 4.23. The molecule has 3 N–H and O–H groups in total. The molecule has 0 spiro atoms. The molecule has 2 rings (SSSR count). The van der Waals surface area contributed by atoms with Crippen LogP contribution in [0.2, 0.25) is 0 Å². The SMILES string of the molecule is CC1CCCN(C(=O)c2cc([N+](=O)[O-])ccc2NN)C1C. The van der Waals surface area contributed by atoms with Crippen LogP contribution in [-0.4, -0.2) is 28.3 Å². The average Bonchev–Trinajstić information content (AvgIpc) is 2.48. The summed E-state index contributed by atoms with van der Waals surface area (Å²) in [6.07, 6.45) is 2.03. The van der Waals surface area contributed by atoms with Gasteiger partial charge >= 0.3 is 0 Å². The Bertz CT molecular complexity index is 561. The third-order valence-corrected chi connectivity index (χ3v) is 4.23. The Balaban J connectivity index is 2.37. The van der Waals surface area contributed by atoms with E-state index < -0.39 is 4.92 Å². The van der Waals surface area contributed by atoms with Gasteiger partial charge < -0.3 is 10.3 Å². The van der Waals surface area contributed by atoms with Crippen LogP contribution in [0.1, 0.15) is 37.0 Å². The second-order valence-electron chi connectivity index (χ2n) is 5.49. The Kier molecular flexibility index (Phi) is 4.42. The van der Waals surface area contributed by atoms with Crippen molar-refractivity contribution in [2.75, 3.05) is 12.0 Å². The fourth-order valence-corrected chi connectivity index (χ4v) is 2.73. The molecule has 0 radical (unpaired) electrons. The van der Waals surface area contributed by atoms with Gasteiger partial charge in [0, 0.05) is 24.7 Å². The van der Waals surface area contributed by atoms with Crippen LogP contribution in [0.15, 0.2) is 18.2 Å². The molecule has 7 heteroatoms. The molecule has 0 bridgehead atoms. The summed E-state index contributed by atoms with van der Waals surface area (Å²) >= 11 is 0. The lowest BCUT2D eigenvalue weighted by molar-refractivity contribution is -0.384. The van der Waals surface area contributed by atoms with Gasteiger partial charge in [0.25, 0.3) is 11.6 Å². The van der Waals surface area contributed by atoms with Crippen LogP contribution in [0.5, 0.6) is 0 Å². The van der Waals surface area contributed by atoms with Crippen LogP contribution in [0.25, 0.3) is 0 Å². The van der Waals surface area contributed by atoms with E-state index >= 15 is 0 Å². The number of hydrogen-bond donors (Lipinski definition) is 2. The van der Waals surface area contributed by atoms with E-state index in [-0.39, 0.29) is 23.2 Å². The van der Waals surface area contributed by atoms with Crippen LogP contribution in [0.4, 0.5) is 11.4 Å². The summed E-state index contributed by atoms with van der Waals surface area (Å²) < 4.78 is 0. The molecule has 1 aliphatic rings. The highest BCUT2D eigenvalue weighted by Crippen LogP contribution is 2.28. The number of likely N-dealkylation sites (tertiary alicyclic amines) is 1. The fraction of sp³-hybridized carbons (Fsp3) is 0.500. The van der Waals surface area contributed by atoms with Gasteiger partial charge in [-0.3, -0.25) is 20.8 Å². The molecular formula is C14H20N4O3. The number of amides is 1. The van der Waals surface area contributed by atoms with Gasteiger partial charge in [0.15, 0.2) is 0 Å². The van der Waals surface area contributed by atoms with E-state index in [9.17, 15) is 14.9 Å². The zero-order valence-corrected chi connectivity index (χ0v) is 12.2. The number of hydrogen-bond acceptors (Lipinski definition) is 5. The highest BCUT2D eigenvalue weighted by molar-refractivity contribution is 6.00. The normalized spacial score (nSPS) is 22.0. The summed E-state index contributed by atoms with van der Waals surface area (Å²) in [4.78, 5) is 24.9. The van der Waals surface area contributed by atoms with Gasteiger partial charge in [-0.15, -0.1) is 0 Å². The van der Waals surface area contributed by atoms with E-state index in [1.54, 1.807) is 4.90 Å². The first-order valence-corrected chi connectivity index (χ1v) is 7.01. The van der Waals surface area contributed by atoms with Crippen LogP contribution >= 0.6 is 0 Å². The van der Waals surface area contributed by atoms with Gasteiger partial charge in [-0.25, -0.2) is 0 Å². The molecule has 1 amide bonds. The van der Waals surface area contributed by atoms with Gasteiger partial charge in [0.1, 0.15) is 0 Å². The van der Waals surface area contributed by atoms with E-state index in [4.69, 9.17) is 5.84 Å². The van der Waals surface area contributed by atoms with E-state index in [2.05, 4.69) is 12.3 Å². The maximum atomic E-state index is 12.7. The number of nitrogens with zero attached hydrogens (tertiary/aromatic N) is 2. The molecule has 21 heavy (non-hydrogen) atoms. The minimum absolute atomic E-state index is 0.108. The number of carbonyl (C=O) groups is 1. The Hall–Kier alpha value is -2.15. The first kappa shape index (κ1) is 15.2. The number of nitro benzene ring substituents is 1. The van der Waals surface area contributed by atoms with Crippen molar-refractivity contribution in [2.24, 2.45) is 11.8 Å². The molecule has 1 aromatic rings. The van der Waals surface area contributed by atoms with E-state index in [1.165, 1.54) is 18.2 Å². The Morgan fingerprint density at radius 2 is 2.19 bits per heavy atom. The summed E-state index contributed by atoms with van der Waals surface area (Å²) in [5.41, 5.74) is 2.96. The van der Waals surface area contributed by atoms with E-state index in [0.717, 1.165) is 12.8 Å². The maximum absolute atomic E-state index is 12.7. The molecule has 0 aromatic heterocycles. The Morgan fingerprint density at radius 3 is 2.81 bits per heavy atom. The van der Waals surface area contributed by atoms with Crippen LogP contribution < -0.4 is 11.3 Å². The van der Waals surface area contributed by atoms with Crippen molar-refractivity contribution in [2.45, 2.75) is 32.7 Å². The number of rotatable bonds is 3. The lowest BCUT2D eigenvalue weighted by Gasteiger charge is -2.38. The summed E-state index contributed by atoms with van der Waals surface area (Å²) in [5.74, 6) is 5.61. The van der Waals surface area contributed by atoms with Crippen LogP contribution in [-0.2, 0) is 0 Å². The van der Waals surface area contributed by atoms with Crippen LogP contribution in [0.3, 0.4) is 0 Å². The zero-order chi connectivity index (χ0) is 15.6. The number of benzene rings is 1. The third kappa shape index (κ3) is 2.97. The quantitative estimate of drug-likeness (QED) is 0.505. The van der Waals surface area contributed by atoms with Gasteiger partial charge in [-0.1, -0.05) is 6.92 Å². The van der Waals surface area contributed by atoms with Crippen molar-refractivity contribution >= 4 is 17.3 Å². The molecule has 1 heterocycles. The second kappa shape index (κ2) is 6.09. The predicted molar refractivity (Wildman–Crippen MR) is 79.8 cm³/mol. The van der Waals surface area contributed by atoms with Crippen molar-refractivity contribution in [3.63, 3.8) is 0 Å². The molecule has 2 unspecified atom stereocenters. The predicted octanol–water partition coefficient (Wildman–Crippen LogP) is 2.14. The van der Waals surface area contributed by atoms with Crippen molar-refractivity contribution in [1.82, 2.24) is 4.90 Å². The number of nitrogens with one attached hydrogen (secondary N) is 1. The van der Waals surface area contributed by atoms with Gasteiger partial charge in [0.2, 0.25) is 0 Å². The van der Waals surface area contributed by atoms with Crippen molar-refractivity contribution < 1.29 is 9.72 Å². The lowest BCUT2D eigenvalue weighted by atomic mass is 9.91. The number of nitrogens with two attached hydrogens (primary N) is 1. The maximum Gasteiger partial charge on any atom is 0.270 e. The monoisotopic (exact) mass is 292 g/mol. The van der Waals surface area contributed by atoms with E-state index in [1.807, 2.05) is 6.92 Å². The number of nitro groups is 1. The number of anilines is 1. The standard InChI is InChI=1S/C14H20N4O3/c1-9-4-3-7-17(10(9)2)14(19)12-8-11(18(20)21)5-6-13(12)16-15/h5-6,8-10,16H,3-4,7,15H2,1-2H3. The number of non-ortho nitro benzene ring substituents is 1. The highest BCUT2D eigenvalue weighted by Gasteiger charge is 2.30.